The van der Waals surface area contributed by atoms with Crippen molar-refractivity contribution in [2.75, 3.05) is 13.1 Å². The van der Waals surface area contributed by atoms with E-state index < -0.39 is 0 Å². The minimum absolute atomic E-state index is 0.0907. The molecule has 0 aliphatic heterocycles. The largest absolute Gasteiger partial charge is 0.386 e. The van der Waals surface area contributed by atoms with Gasteiger partial charge < -0.3 is 10.6 Å². The molecule has 0 saturated heterocycles. The quantitative estimate of drug-likeness (QED) is 0.284. The van der Waals surface area contributed by atoms with Crippen LogP contribution in [0, 0.1) is 11.3 Å². The van der Waals surface area contributed by atoms with Crippen LogP contribution in [0.25, 0.3) is 0 Å². The highest BCUT2D eigenvalue weighted by molar-refractivity contribution is 5.97. The van der Waals surface area contributed by atoms with Crippen LogP contribution < -0.4 is 10.6 Å². The molecule has 0 unspecified atom stereocenters. The third-order valence-corrected chi connectivity index (χ3v) is 1.69. The Morgan fingerprint density at radius 2 is 2.33 bits per heavy atom. The maximum atomic E-state index is 11.4. The second-order valence-electron chi connectivity index (χ2n) is 2.98. The van der Waals surface area contributed by atoms with Crippen molar-refractivity contribution in [3.8, 4) is 6.07 Å². The number of carbonyl (C=O) groups is 1. The Morgan fingerprint density at radius 3 is 2.87 bits per heavy atom. The number of nitrogens with one attached hydrogen (secondary N) is 2. The van der Waals surface area contributed by atoms with Crippen LogP contribution in [0.2, 0.25) is 0 Å². The number of rotatable bonds is 7. The Kier molecular flexibility index (Phi) is 7.79. The normalized spacial score (nSPS) is 10.3. The molecule has 0 aliphatic carbocycles. The smallest absolute Gasteiger partial charge is 0.263 e. The van der Waals surface area contributed by atoms with Crippen LogP contribution >= 0.6 is 0 Å². The molecule has 4 nitrogen and oxygen atoms in total. The molecule has 4 heteroatoms. The number of nitrogens with zero attached hydrogens (tertiary/aromatic N) is 1. The minimum atomic E-state index is -0.331. The standard InChI is InChI=1S/C11H17N3O/c1-3-5-7-14-11(15)10(8-12)9-13-6-4-2/h4,9,13H,2-3,5-7H2,1H3,(H,14,15)/b10-9-. The summed E-state index contributed by atoms with van der Waals surface area (Å²) < 4.78 is 0. The number of nitriles is 1. The summed E-state index contributed by atoms with van der Waals surface area (Å²) in [6.07, 6.45) is 4.99. The Hall–Kier alpha value is -1.76. The molecule has 0 aromatic heterocycles. The molecule has 0 fully saturated rings. The van der Waals surface area contributed by atoms with Gasteiger partial charge >= 0.3 is 0 Å². The summed E-state index contributed by atoms with van der Waals surface area (Å²) in [5, 5.41) is 14.2. The lowest BCUT2D eigenvalue weighted by Gasteiger charge is -2.02. The fourth-order valence-corrected chi connectivity index (χ4v) is 0.867. The molecule has 0 rings (SSSR count). The predicted octanol–water partition coefficient (Wildman–Crippen LogP) is 1.09. The third-order valence-electron chi connectivity index (χ3n) is 1.69. The summed E-state index contributed by atoms with van der Waals surface area (Å²) in [6.45, 7) is 6.70. The molecule has 0 spiro atoms. The van der Waals surface area contributed by atoms with E-state index in [1.165, 1.54) is 6.20 Å². The summed E-state index contributed by atoms with van der Waals surface area (Å²) >= 11 is 0. The van der Waals surface area contributed by atoms with Crippen molar-refractivity contribution in [3.63, 3.8) is 0 Å². The first-order valence-corrected chi connectivity index (χ1v) is 4.99. The second-order valence-corrected chi connectivity index (χ2v) is 2.98. The predicted molar refractivity (Wildman–Crippen MR) is 59.8 cm³/mol. The van der Waals surface area contributed by atoms with Crippen molar-refractivity contribution in [2.45, 2.75) is 19.8 Å². The number of hydrogen-bond donors (Lipinski definition) is 2. The first kappa shape index (κ1) is 13.2. The van der Waals surface area contributed by atoms with Crippen molar-refractivity contribution >= 4 is 5.91 Å². The maximum absolute atomic E-state index is 11.4. The molecule has 82 valence electrons. The van der Waals surface area contributed by atoms with Gasteiger partial charge in [-0.3, -0.25) is 4.79 Å². The summed E-state index contributed by atoms with van der Waals surface area (Å²) in [5.41, 5.74) is 0.0907. The van der Waals surface area contributed by atoms with E-state index in [1.807, 2.05) is 13.0 Å². The van der Waals surface area contributed by atoms with Crippen molar-refractivity contribution in [3.05, 3.63) is 24.4 Å². The molecular weight excluding hydrogens is 190 g/mol. The zero-order valence-electron chi connectivity index (χ0n) is 9.05. The molecule has 0 atom stereocenters. The van der Waals surface area contributed by atoms with Gasteiger partial charge in [-0.05, 0) is 6.42 Å². The fourth-order valence-electron chi connectivity index (χ4n) is 0.867. The van der Waals surface area contributed by atoms with Gasteiger partial charge in [-0.25, -0.2) is 0 Å². The van der Waals surface area contributed by atoms with Gasteiger partial charge in [0.25, 0.3) is 5.91 Å². The lowest BCUT2D eigenvalue weighted by atomic mass is 10.3. The Balaban J connectivity index is 4.05. The van der Waals surface area contributed by atoms with Crippen molar-refractivity contribution in [1.29, 1.82) is 5.26 Å². The van der Waals surface area contributed by atoms with Crippen molar-refractivity contribution < 1.29 is 4.79 Å². The van der Waals surface area contributed by atoms with Crippen LogP contribution in [-0.2, 0) is 4.79 Å². The summed E-state index contributed by atoms with van der Waals surface area (Å²) in [6, 6.07) is 1.84. The maximum Gasteiger partial charge on any atom is 0.263 e. The lowest BCUT2D eigenvalue weighted by Crippen LogP contribution is -2.26. The highest BCUT2D eigenvalue weighted by Crippen LogP contribution is 1.91. The fraction of sp³-hybridized carbons (Fsp3) is 0.455. The van der Waals surface area contributed by atoms with Crippen molar-refractivity contribution in [1.82, 2.24) is 10.6 Å². The van der Waals surface area contributed by atoms with Gasteiger partial charge in [-0.2, -0.15) is 5.26 Å². The molecule has 0 radical (unpaired) electrons. The number of carbonyl (C=O) groups excluding carboxylic acids is 1. The van der Waals surface area contributed by atoms with Crippen molar-refractivity contribution in [2.24, 2.45) is 0 Å². The van der Waals surface area contributed by atoms with Gasteiger partial charge in [-0.1, -0.05) is 19.4 Å². The van der Waals surface area contributed by atoms with E-state index >= 15 is 0 Å². The number of unbranched alkanes of at least 4 members (excludes halogenated alkanes) is 1. The molecule has 15 heavy (non-hydrogen) atoms. The van der Waals surface area contributed by atoms with Gasteiger partial charge in [0, 0.05) is 19.3 Å². The lowest BCUT2D eigenvalue weighted by molar-refractivity contribution is -0.117. The van der Waals surface area contributed by atoms with Gasteiger partial charge in [-0.15, -0.1) is 6.58 Å². The zero-order valence-corrected chi connectivity index (χ0v) is 9.05. The molecule has 0 heterocycles. The van der Waals surface area contributed by atoms with Crippen LogP contribution in [0.4, 0.5) is 0 Å². The minimum Gasteiger partial charge on any atom is -0.386 e. The Labute approximate surface area is 90.7 Å². The zero-order chi connectivity index (χ0) is 11.5. The van der Waals surface area contributed by atoms with E-state index in [2.05, 4.69) is 17.2 Å². The number of amides is 1. The molecule has 0 aromatic rings. The monoisotopic (exact) mass is 207 g/mol. The van der Waals surface area contributed by atoms with Gasteiger partial charge in [0.15, 0.2) is 0 Å². The van der Waals surface area contributed by atoms with Crippen LogP contribution in [0.15, 0.2) is 24.4 Å². The average Bonchev–Trinajstić information content (AvgIpc) is 2.24. The van der Waals surface area contributed by atoms with Gasteiger partial charge in [0.1, 0.15) is 11.6 Å². The van der Waals surface area contributed by atoms with Gasteiger partial charge in [0.05, 0.1) is 0 Å². The van der Waals surface area contributed by atoms with E-state index in [1.54, 1.807) is 6.08 Å². The average molecular weight is 207 g/mol. The highest BCUT2D eigenvalue weighted by atomic mass is 16.1. The molecular formula is C11H17N3O. The van der Waals surface area contributed by atoms with Gasteiger partial charge in [0.2, 0.25) is 0 Å². The van der Waals surface area contributed by atoms with E-state index in [4.69, 9.17) is 5.26 Å². The SMILES string of the molecule is C=CCN/C=C(/C#N)C(=O)NCCCC. The molecule has 2 N–H and O–H groups in total. The van der Waals surface area contributed by atoms with Crippen LogP contribution in [0.3, 0.4) is 0 Å². The Bertz CT molecular complexity index is 276. The van der Waals surface area contributed by atoms with E-state index in [0.29, 0.717) is 13.1 Å². The van der Waals surface area contributed by atoms with Crippen LogP contribution in [-0.4, -0.2) is 19.0 Å². The summed E-state index contributed by atoms with van der Waals surface area (Å²) in [7, 11) is 0. The summed E-state index contributed by atoms with van der Waals surface area (Å²) in [5.74, 6) is -0.331. The van der Waals surface area contributed by atoms with E-state index in [9.17, 15) is 4.79 Å². The molecule has 0 bridgehead atoms. The Morgan fingerprint density at radius 1 is 1.60 bits per heavy atom. The third kappa shape index (κ3) is 6.33. The molecule has 0 saturated carbocycles. The molecule has 0 aromatic carbocycles. The molecule has 0 aliphatic rings. The first-order chi connectivity index (χ1) is 7.26. The topological polar surface area (TPSA) is 64.9 Å². The number of hydrogen-bond acceptors (Lipinski definition) is 3. The second kappa shape index (κ2) is 8.82. The van der Waals surface area contributed by atoms with E-state index in [-0.39, 0.29) is 11.5 Å². The van der Waals surface area contributed by atoms with E-state index in [0.717, 1.165) is 12.8 Å². The highest BCUT2D eigenvalue weighted by Gasteiger charge is 2.06. The summed E-state index contributed by atoms with van der Waals surface area (Å²) in [4.78, 5) is 11.4. The molecule has 1 amide bonds. The first-order valence-electron chi connectivity index (χ1n) is 4.99. The van der Waals surface area contributed by atoms with Crippen LogP contribution in [0.5, 0.6) is 0 Å². The van der Waals surface area contributed by atoms with Crippen LogP contribution in [0.1, 0.15) is 19.8 Å².